The van der Waals surface area contributed by atoms with E-state index >= 15 is 0 Å². The third kappa shape index (κ3) is 2.67. The second-order valence-electron chi connectivity index (χ2n) is 3.03. The van der Waals surface area contributed by atoms with Gasteiger partial charge in [-0.1, -0.05) is 29.8 Å². The van der Waals surface area contributed by atoms with E-state index in [1.165, 1.54) is 14.9 Å². The van der Waals surface area contributed by atoms with Gasteiger partial charge in [-0.3, -0.25) is 0 Å². The summed E-state index contributed by atoms with van der Waals surface area (Å²) in [5, 5.41) is -0.101. The minimum absolute atomic E-state index is 0.101. The van der Waals surface area contributed by atoms with Gasteiger partial charge in [-0.25, -0.2) is 0 Å². The lowest BCUT2D eigenvalue weighted by molar-refractivity contribution is 1.17. The molecule has 1 heterocycles. The summed E-state index contributed by atoms with van der Waals surface area (Å²) in [6.45, 7) is 0. The quantitative estimate of drug-likeness (QED) is 0.496. The Hall–Kier alpha value is 0.230. The van der Waals surface area contributed by atoms with Crippen molar-refractivity contribution in [3.63, 3.8) is 0 Å². The highest BCUT2D eigenvalue weighted by atomic mass is 127. The summed E-state index contributed by atoms with van der Waals surface area (Å²) >= 11 is 16.1. The molecule has 15 heavy (non-hydrogen) atoms. The lowest BCUT2D eigenvalue weighted by Crippen LogP contribution is -1.92. The van der Waals surface area contributed by atoms with E-state index in [2.05, 4.69) is 28.7 Å². The Kier molecular flexibility index (Phi) is 3.93. The van der Waals surface area contributed by atoms with Crippen LogP contribution in [0, 0.1) is 3.57 Å². The largest absolute Gasteiger partial charge is 0.127 e. The van der Waals surface area contributed by atoms with Gasteiger partial charge >= 0.3 is 0 Å². The first-order chi connectivity index (χ1) is 7.18. The van der Waals surface area contributed by atoms with Crippen LogP contribution in [0.2, 0.25) is 4.34 Å². The van der Waals surface area contributed by atoms with Crippen LogP contribution in [0.1, 0.15) is 15.8 Å². The molecule has 1 aromatic heterocycles. The van der Waals surface area contributed by atoms with Crippen LogP contribution in [0.25, 0.3) is 0 Å². The molecule has 4 heteroatoms. The second-order valence-corrected chi connectivity index (χ2v) is 6.37. The molecule has 0 radical (unpaired) electrons. The molecular weight excluding hydrogens is 362 g/mol. The van der Waals surface area contributed by atoms with Crippen LogP contribution >= 0.6 is 57.1 Å². The number of hydrogen-bond acceptors (Lipinski definition) is 1. The predicted octanol–water partition coefficient (Wildman–Crippen LogP) is 5.33. The summed E-state index contributed by atoms with van der Waals surface area (Å²) in [6, 6.07) is 12.0. The zero-order chi connectivity index (χ0) is 10.8. The maximum absolute atomic E-state index is 6.40. The summed E-state index contributed by atoms with van der Waals surface area (Å²) in [5.41, 5.74) is 1.14. The average molecular weight is 369 g/mol. The summed E-state index contributed by atoms with van der Waals surface area (Å²) in [7, 11) is 0. The third-order valence-corrected chi connectivity index (χ3v) is 4.90. The predicted molar refractivity (Wildman–Crippen MR) is 76.2 cm³/mol. The topological polar surface area (TPSA) is 0 Å². The van der Waals surface area contributed by atoms with E-state index in [1.807, 2.05) is 30.3 Å². The maximum atomic E-state index is 6.40. The smallest absolute Gasteiger partial charge is 0.0938 e. The minimum atomic E-state index is -0.101. The SMILES string of the molecule is Clc1ccc(C(Cl)c2ccccc2I)s1. The van der Waals surface area contributed by atoms with Gasteiger partial charge in [0.1, 0.15) is 0 Å². The summed E-state index contributed by atoms with van der Waals surface area (Å²) < 4.78 is 1.96. The van der Waals surface area contributed by atoms with Gasteiger partial charge in [-0.2, -0.15) is 0 Å². The first-order valence-electron chi connectivity index (χ1n) is 4.32. The van der Waals surface area contributed by atoms with E-state index in [4.69, 9.17) is 23.2 Å². The van der Waals surface area contributed by atoms with Crippen molar-refractivity contribution >= 4 is 57.1 Å². The van der Waals surface area contributed by atoms with Gasteiger partial charge in [0.05, 0.1) is 9.71 Å². The standard InChI is InChI=1S/C11H7Cl2IS/c12-10-6-5-9(15-10)11(13)7-3-1-2-4-8(7)14/h1-6,11H. The zero-order valence-electron chi connectivity index (χ0n) is 7.58. The van der Waals surface area contributed by atoms with E-state index in [1.54, 1.807) is 0 Å². The molecule has 2 aromatic rings. The Morgan fingerprint density at radius 1 is 1.13 bits per heavy atom. The fourth-order valence-corrected chi connectivity index (χ4v) is 3.64. The monoisotopic (exact) mass is 368 g/mol. The van der Waals surface area contributed by atoms with Gasteiger partial charge in [0.25, 0.3) is 0 Å². The van der Waals surface area contributed by atoms with Gasteiger partial charge in [-0.15, -0.1) is 22.9 Å². The molecule has 1 atom stereocenters. The van der Waals surface area contributed by atoms with E-state index in [0.717, 1.165) is 14.8 Å². The van der Waals surface area contributed by atoms with Crippen molar-refractivity contribution < 1.29 is 0 Å². The number of rotatable bonds is 2. The molecule has 0 spiro atoms. The van der Waals surface area contributed by atoms with E-state index in [9.17, 15) is 0 Å². The first-order valence-corrected chi connectivity index (χ1v) is 7.03. The lowest BCUT2D eigenvalue weighted by Gasteiger charge is -2.09. The van der Waals surface area contributed by atoms with Gasteiger partial charge in [-0.05, 0) is 46.4 Å². The zero-order valence-corrected chi connectivity index (χ0v) is 12.1. The Balaban J connectivity index is 2.36. The molecule has 0 saturated heterocycles. The molecule has 0 nitrogen and oxygen atoms in total. The Morgan fingerprint density at radius 3 is 2.47 bits per heavy atom. The van der Waals surface area contributed by atoms with Gasteiger partial charge in [0.15, 0.2) is 0 Å². The Bertz CT molecular complexity index is 467. The van der Waals surface area contributed by atoms with Crippen molar-refractivity contribution in [3.8, 4) is 0 Å². The highest BCUT2D eigenvalue weighted by Gasteiger charge is 2.15. The van der Waals surface area contributed by atoms with Crippen LogP contribution < -0.4 is 0 Å². The second kappa shape index (κ2) is 5.04. The van der Waals surface area contributed by atoms with Crippen molar-refractivity contribution in [1.29, 1.82) is 0 Å². The normalized spacial score (nSPS) is 12.7. The van der Waals surface area contributed by atoms with Gasteiger partial charge in [0, 0.05) is 8.45 Å². The third-order valence-electron chi connectivity index (χ3n) is 2.02. The average Bonchev–Trinajstić information content (AvgIpc) is 2.65. The molecule has 0 aliphatic rings. The Morgan fingerprint density at radius 2 is 1.87 bits per heavy atom. The number of halogens is 3. The highest BCUT2D eigenvalue weighted by molar-refractivity contribution is 14.1. The Labute approximate surface area is 116 Å². The molecule has 0 fully saturated rings. The van der Waals surface area contributed by atoms with Gasteiger partial charge in [0.2, 0.25) is 0 Å². The van der Waals surface area contributed by atoms with Crippen LogP contribution in [0.3, 0.4) is 0 Å². The molecule has 0 amide bonds. The maximum Gasteiger partial charge on any atom is 0.0938 e. The summed E-state index contributed by atoms with van der Waals surface area (Å²) in [5.74, 6) is 0. The molecule has 2 rings (SSSR count). The van der Waals surface area contributed by atoms with Crippen LogP contribution in [0.4, 0.5) is 0 Å². The molecule has 1 aromatic carbocycles. The molecule has 0 aliphatic carbocycles. The number of benzene rings is 1. The molecule has 0 N–H and O–H groups in total. The number of alkyl halides is 1. The lowest BCUT2D eigenvalue weighted by atomic mass is 10.1. The number of thiophene rings is 1. The molecule has 0 saturated carbocycles. The fourth-order valence-electron chi connectivity index (χ4n) is 1.30. The highest BCUT2D eigenvalue weighted by Crippen LogP contribution is 2.36. The van der Waals surface area contributed by atoms with Crippen LogP contribution in [-0.4, -0.2) is 0 Å². The summed E-state index contributed by atoms with van der Waals surface area (Å²) in [6.07, 6.45) is 0. The minimum Gasteiger partial charge on any atom is -0.127 e. The van der Waals surface area contributed by atoms with Crippen molar-refractivity contribution in [2.45, 2.75) is 5.38 Å². The number of hydrogen-bond donors (Lipinski definition) is 0. The molecule has 1 unspecified atom stereocenters. The molecule has 0 bridgehead atoms. The van der Waals surface area contributed by atoms with Gasteiger partial charge < -0.3 is 0 Å². The van der Waals surface area contributed by atoms with Crippen molar-refractivity contribution in [2.75, 3.05) is 0 Å². The van der Waals surface area contributed by atoms with Crippen LogP contribution in [0.15, 0.2) is 36.4 Å². The van der Waals surface area contributed by atoms with Crippen molar-refractivity contribution in [1.82, 2.24) is 0 Å². The van der Waals surface area contributed by atoms with Crippen LogP contribution in [-0.2, 0) is 0 Å². The van der Waals surface area contributed by atoms with E-state index < -0.39 is 0 Å². The van der Waals surface area contributed by atoms with Crippen molar-refractivity contribution in [3.05, 3.63) is 54.7 Å². The van der Waals surface area contributed by atoms with Crippen molar-refractivity contribution in [2.24, 2.45) is 0 Å². The molecule has 0 aliphatic heterocycles. The molecular formula is C11H7Cl2IS. The van der Waals surface area contributed by atoms with E-state index in [0.29, 0.717) is 0 Å². The molecule has 78 valence electrons. The summed E-state index contributed by atoms with van der Waals surface area (Å²) in [4.78, 5) is 1.09. The first kappa shape index (κ1) is 11.7. The van der Waals surface area contributed by atoms with E-state index in [-0.39, 0.29) is 5.38 Å². The fraction of sp³-hybridized carbons (Fsp3) is 0.0909. The van der Waals surface area contributed by atoms with Crippen LogP contribution in [0.5, 0.6) is 0 Å².